The lowest BCUT2D eigenvalue weighted by atomic mass is 9.88. The number of ether oxygens (including phenoxy) is 2. The monoisotopic (exact) mass is 238 g/mol. The average molecular weight is 238 g/mol. The van der Waals surface area contributed by atoms with Gasteiger partial charge in [-0.1, -0.05) is 0 Å². The molecule has 96 valence electrons. The van der Waals surface area contributed by atoms with Gasteiger partial charge in [0.15, 0.2) is 0 Å². The Balaban J connectivity index is 2.02. The summed E-state index contributed by atoms with van der Waals surface area (Å²) in [5, 5.41) is 8.93. The van der Waals surface area contributed by atoms with E-state index in [9.17, 15) is 0 Å². The molecule has 0 aromatic rings. The summed E-state index contributed by atoms with van der Waals surface area (Å²) in [6, 6.07) is 3.16. The zero-order chi connectivity index (χ0) is 12.3. The van der Waals surface area contributed by atoms with E-state index in [2.05, 4.69) is 24.8 Å². The minimum absolute atomic E-state index is 0.0640. The lowest BCUT2D eigenvalue weighted by Gasteiger charge is -2.43. The van der Waals surface area contributed by atoms with Crippen LogP contribution in [0.3, 0.4) is 0 Å². The first-order valence-electron chi connectivity index (χ1n) is 6.51. The van der Waals surface area contributed by atoms with Crippen molar-refractivity contribution in [3.05, 3.63) is 0 Å². The fourth-order valence-electron chi connectivity index (χ4n) is 2.96. The molecule has 2 heterocycles. The second-order valence-electron chi connectivity index (χ2n) is 5.40. The van der Waals surface area contributed by atoms with Gasteiger partial charge in [0.2, 0.25) is 0 Å². The van der Waals surface area contributed by atoms with E-state index in [0.29, 0.717) is 18.6 Å². The number of hydrogen-bond donors (Lipinski definition) is 0. The molecule has 2 atom stereocenters. The van der Waals surface area contributed by atoms with Crippen molar-refractivity contribution in [3.63, 3.8) is 0 Å². The van der Waals surface area contributed by atoms with E-state index in [0.717, 1.165) is 39.1 Å². The van der Waals surface area contributed by atoms with Crippen molar-refractivity contribution in [1.29, 1.82) is 5.26 Å². The van der Waals surface area contributed by atoms with Crippen molar-refractivity contribution in [2.45, 2.75) is 50.8 Å². The van der Waals surface area contributed by atoms with Crippen LogP contribution in [0.1, 0.15) is 33.1 Å². The van der Waals surface area contributed by atoms with Gasteiger partial charge in [-0.05, 0) is 26.7 Å². The van der Waals surface area contributed by atoms with Crippen molar-refractivity contribution in [1.82, 2.24) is 4.90 Å². The van der Waals surface area contributed by atoms with Crippen molar-refractivity contribution in [2.75, 3.05) is 26.4 Å². The van der Waals surface area contributed by atoms with Crippen molar-refractivity contribution in [2.24, 2.45) is 0 Å². The Labute approximate surface area is 103 Å². The summed E-state index contributed by atoms with van der Waals surface area (Å²) in [5.41, 5.74) is -0.0640. The molecule has 2 aliphatic heterocycles. The maximum absolute atomic E-state index is 8.93. The summed E-state index contributed by atoms with van der Waals surface area (Å²) in [6.07, 6.45) is 3.04. The predicted molar refractivity (Wildman–Crippen MR) is 64.6 cm³/mol. The zero-order valence-electron chi connectivity index (χ0n) is 10.8. The van der Waals surface area contributed by atoms with Crippen LogP contribution in [-0.4, -0.2) is 49.0 Å². The molecule has 0 aliphatic carbocycles. The highest BCUT2D eigenvalue weighted by molar-refractivity contribution is 4.95. The van der Waals surface area contributed by atoms with E-state index in [4.69, 9.17) is 14.7 Å². The summed E-state index contributed by atoms with van der Waals surface area (Å²) >= 11 is 0. The van der Waals surface area contributed by atoms with Crippen LogP contribution < -0.4 is 0 Å². The fourth-order valence-corrected chi connectivity index (χ4v) is 2.96. The molecule has 2 rings (SSSR count). The standard InChI is InChI=1S/C13H22N2O2/c1-11(2)15(6-5-14)12-3-7-17-13(9-12)4-8-16-10-13/h11-12H,3-4,6-10H2,1-2H3. The van der Waals surface area contributed by atoms with E-state index >= 15 is 0 Å². The van der Waals surface area contributed by atoms with Crippen molar-refractivity contribution >= 4 is 0 Å². The van der Waals surface area contributed by atoms with Crippen LogP contribution >= 0.6 is 0 Å². The molecule has 2 unspecified atom stereocenters. The summed E-state index contributed by atoms with van der Waals surface area (Å²) in [4.78, 5) is 2.29. The Morgan fingerprint density at radius 2 is 2.29 bits per heavy atom. The molecule has 0 amide bonds. The number of nitriles is 1. The molecule has 2 saturated heterocycles. The molecule has 2 aliphatic rings. The largest absolute Gasteiger partial charge is 0.378 e. The SMILES string of the molecule is CC(C)N(CC#N)C1CCOC2(CCOC2)C1. The molecule has 0 aromatic heterocycles. The molecule has 0 saturated carbocycles. The maximum atomic E-state index is 8.93. The summed E-state index contributed by atoms with van der Waals surface area (Å²) in [7, 11) is 0. The van der Waals surface area contributed by atoms with Crippen LogP contribution in [0.2, 0.25) is 0 Å². The van der Waals surface area contributed by atoms with Crippen LogP contribution in [0.4, 0.5) is 0 Å². The van der Waals surface area contributed by atoms with Crippen LogP contribution in [0.5, 0.6) is 0 Å². The third kappa shape index (κ3) is 2.79. The van der Waals surface area contributed by atoms with Gasteiger partial charge in [-0.2, -0.15) is 5.26 Å². The number of hydrogen-bond acceptors (Lipinski definition) is 4. The maximum Gasteiger partial charge on any atom is 0.0951 e. The molecule has 2 fully saturated rings. The van der Waals surface area contributed by atoms with Gasteiger partial charge < -0.3 is 9.47 Å². The third-order valence-corrected chi connectivity index (χ3v) is 3.92. The normalized spacial score (nSPS) is 33.5. The van der Waals surface area contributed by atoms with Crippen LogP contribution in [0.25, 0.3) is 0 Å². The van der Waals surface area contributed by atoms with Gasteiger partial charge in [-0.3, -0.25) is 4.90 Å². The molecule has 17 heavy (non-hydrogen) atoms. The van der Waals surface area contributed by atoms with Crippen LogP contribution in [0.15, 0.2) is 0 Å². The lowest BCUT2D eigenvalue weighted by molar-refractivity contribution is -0.108. The molecule has 0 aromatic carbocycles. The predicted octanol–water partition coefficient (Wildman–Crippen LogP) is 1.56. The smallest absolute Gasteiger partial charge is 0.0951 e. The van der Waals surface area contributed by atoms with Gasteiger partial charge in [0, 0.05) is 31.7 Å². The van der Waals surface area contributed by atoms with Crippen LogP contribution in [-0.2, 0) is 9.47 Å². The minimum atomic E-state index is -0.0640. The Bertz CT molecular complexity index is 292. The molecule has 1 spiro atoms. The topological polar surface area (TPSA) is 45.5 Å². The molecule has 4 heteroatoms. The molecule has 0 bridgehead atoms. The van der Waals surface area contributed by atoms with Gasteiger partial charge >= 0.3 is 0 Å². The highest BCUT2D eigenvalue weighted by Crippen LogP contribution is 2.35. The van der Waals surface area contributed by atoms with Gasteiger partial charge in [-0.15, -0.1) is 0 Å². The highest BCUT2D eigenvalue weighted by atomic mass is 16.6. The number of nitrogens with zero attached hydrogens (tertiary/aromatic N) is 2. The zero-order valence-corrected chi connectivity index (χ0v) is 10.8. The van der Waals surface area contributed by atoms with Crippen molar-refractivity contribution in [3.8, 4) is 6.07 Å². The molecular formula is C13H22N2O2. The Hall–Kier alpha value is -0.630. The molecule has 4 nitrogen and oxygen atoms in total. The first-order chi connectivity index (χ1) is 8.17. The summed E-state index contributed by atoms with van der Waals surface area (Å²) in [5.74, 6) is 0. The second-order valence-corrected chi connectivity index (χ2v) is 5.40. The summed E-state index contributed by atoms with van der Waals surface area (Å²) in [6.45, 7) is 7.16. The van der Waals surface area contributed by atoms with Crippen LogP contribution in [0, 0.1) is 11.3 Å². The Morgan fingerprint density at radius 1 is 1.47 bits per heavy atom. The highest BCUT2D eigenvalue weighted by Gasteiger charge is 2.42. The van der Waals surface area contributed by atoms with Gasteiger partial charge in [0.05, 0.1) is 24.8 Å². The molecule has 0 radical (unpaired) electrons. The van der Waals surface area contributed by atoms with E-state index < -0.39 is 0 Å². The van der Waals surface area contributed by atoms with Crippen molar-refractivity contribution < 1.29 is 9.47 Å². The first-order valence-corrected chi connectivity index (χ1v) is 6.51. The minimum Gasteiger partial charge on any atom is -0.378 e. The summed E-state index contributed by atoms with van der Waals surface area (Å²) < 4.78 is 11.4. The molecular weight excluding hydrogens is 216 g/mol. The van der Waals surface area contributed by atoms with E-state index in [1.807, 2.05) is 0 Å². The average Bonchev–Trinajstić information content (AvgIpc) is 2.73. The van der Waals surface area contributed by atoms with E-state index in [1.165, 1.54) is 0 Å². The molecule has 0 N–H and O–H groups in total. The van der Waals surface area contributed by atoms with Gasteiger partial charge in [-0.25, -0.2) is 0 Å². The lowest BCUT2D eigenvalue weighted by Crippen LogP contribution is -2.51. The first kappa shape index (κ1) is 12.8. The van der Waals surface area contributed by atoms with Gasteiger partial charge in [0.1, 0.15) is 0 Å². The van der Waals surface area contributed by atoms with E-state index in [-0.39, 0.29) is 5.60 Å². The van der Waals surface area contributed by atoms with E-state index in [1.54, 1.807) is 0 Å². The third-order valence-electron chi connectivity index (χ3n) is 3.92. The Kier molecular flexibility index (Phi) is 4.03. The van der Waals surface area contributed by atoms with Gasteiger partial charge in [0.25, 0.3) is 0 Å². The Morgan fingerprint density at radius 3 is 2.88 bits per heavy atom. The second kappa shape index (κ2) is 5.34. The quantitative estimate of drug-likeness (QED) is 0.700. The fraction of sp³-hybridized carbons (Fsp3) is 0.923. The number of rotatable bonds is 3.